The van der Waals surface area contributed by atoms with Crippen molar-refractivity contribution >= 4 is 34.8 Å². The van der Waals surface area contributed by atoms with Gasteiger partial charge in [-0.05, 0) is 30.7 Å². The van der Waals surface area contributed by atoms with Gasteiger partial charge in [-0.15, -0.1) is 0 Å². The molecule has 0 bridgehead atoms. The standard InChI is InChI=1S/C17H13N5O4/c1-8-5-12(20-15(23)9-3-2-4-18-7-9)19-10-6-11(26-14(8)10)13-16(24)22-17(25)21-13/h2-7,13H,1H3,(H,19,20,23)(H2,21,22,24,25). The third-order valence-corrected chi connectivity index (χ3v) is 3.91. The highest BCUT2D eigenvalue weighted by Crippen LogP contribution is 2.28. The summed E-state index contributed by atoms with van der Waals surface area (Å²) in [5, 5.41) is 7.32. The van der Waals surface area contributed by atoms with Crippen LogP contribution in [0.4, 0.5) is 10.6 Å². The number of urea groups is 1. The van der Waals surface area contributed by atoms with E-state index in [2.05, 4.69) is 25.9 Å². The Bertz CT molecular complexity index is 1040. The topological polar surface area (TPSA) is 126 Å². The third kappa shape index (κ3) is 2.75. The predicted octanol–water partition coefficient (Wildman–Crippen LogP) is 1.66. The molecule has 0 radical (unpaired) electrons. The summed E-state index contributed by atoms with van der Waals surface area (Å²) in [6.45, 7) is 1.80. The number of imide groups is 1. The van der Waals surface area contributed by atoms with Gasteiger partial charge in [-0.25, -0.2) is 9.78 Å². The molecule has 0 aliphatic carbocycles. The Balaban J connectivity index is 1.65. The minimum Gasteiger partial charge on any atom is -0.456 e. The van der Waals surface area contributed by atoms with Gasteiger partial charge in [0.2, 0.25) is 0 Å². The van der Waals surface area contributed by atoms with Crippen LogP contribution in [0.15, 0.2) is 41.1 Å². The van der Waals surface area contributed by atoms with E-state index in [1.165, 1.54) is 6.20 Å². The lowest BCUT2D eigenvalue weighted by Gasteiger charge is -2.05. The molecule has 0 aromatic carbocycles. The van der Waals surface area contributed by atoms with Crippen molar-refractivity contribution in [3.05, 3.63) is 53.5 Å². The predicted molar refractivity (Wildman–Crippen MR) is 90.4 cm³/mol. The SMILES string of the molecule is Cc1cc(NC(=O)c2cccnc2)nc2cc(C3NC(=O)NC3=O)oc12. The summed E-state index contributed by atoms with van der Waals surface area (Å²) in [7, 11) is 0. The second-order valence-electron chi connectivity index (χ2n) is 5.78. The van der Waals surface area contributed by atoms with Crippen LogP contribution in [-0.2, 0) is 4.79 Å². The van der Waals surface area contributed by atoms with E-state index in [1.54, 1.807) is 37.4 Å². The van der Waals surface area contributed by atoms with Crippen LogP contribution in [0.25, 0.3) is 11.1 Å². The van der Waals surface area contributed by atoms with Crippen molar-refractivity contribution in [3.63, 3.8) is 0 Å². The first-order chi connectivity index (χ1) is 12.5. The molecule has 9 nitrogen and oxygen atoms in total. The number of nitrogens with one attached hydrogen (secondary N) is 3. The Labute approximate surface area is 146 Å². The third-order valence-electron chi connectivity index (χ3n) is 3.91. The van der Waals surface area contributed by atoms with Crippen LogP contribution < -0.4 is 16.0 Å². The molecule has 3 N–H and O–H groups in total. The summed E-state index contributed by atoms with van der Waals surface area (Å²) < 4.78 is 5.69. The van der Waals surface area contributed by atoms with Crippen molar-refractivity contribution in [1.29, 1.82) is 0 Å². The van der Waals surface area contributed by atoms with Gasteiger partial charge in [0.05, 0.1) is 5.56 Å². The highest BCUT2D eigenvalue weighted by atomic mass is 16.3. The van der Waals surface area contributed by atoms with Crippen molar-refractivity contribution in [2.24, 2.45) is 0 Å². The van der Waals surface area contributed by atoms with Crippen LogP contribution in [0.3, 0.4) is 0 Å². The fraction of sp³-hybridized carbons (Fsp3) is 0.118. The lowest BCUT2D eigenvalue weighted by Crippen LogP contribution is -2.22. The van der Waals surface area contributed by atoms with E-state index in [0.717, 1.165) is 5.56 Å². The Kier molecular flexibility index (Phi) is 3.61. The number of hydrogen-bond acceptors (Lipinski definition) is 6. The zero-order valence-electron chi connectivity index (χ0n) is 13.6. The zero-order chi connectivity index (χ0) is 18.3. The van der Waals surface area contributed by atoms with Gasteiger partial charge >= 0.3 is 6.03 Å². The number of pyridine rings is 2. The fourth-order valence-corrected chi connectivity index (χ4v) is 2.71. The maximum atomic E-state index is 12.2. The number of amides is 4. The summed E-state index contributed by atoms with van der Waals surface area (Å²) in [6.07, 6.45) is 3.04. The van der Waals surface area contributed by atoms with E-state index in [0.29, 0.717) is 22.5 Å². The van der Waals surface area contributed by atoms with Gasteiger partial charge < -0.3 is 15.1 Å². The minimum atomic E-state index is -0.899. The summed E-state index contributed by atoms with van der Waals surface area (Å²) in [5.41, 5.74) is 2.08. The number of furan rings is 1. The van der Waals surface area contributed by atoms with Crippen molar-refractivity contribution < 1.29 is 18.8 Å². The quantitative estimate of drug-likeness (QED) is 0.616. The van der Waals surface area contributed by atoms with E-state index < -0.39 is 18.0 Å². The largest absolute Gasteiger partial charge is 0.456 e. The molecule has 1 fully saturated rings. The van der Waals surface area contributed by atoms with E-state index in [-0.39, 0.29) is 11.7 Å². The second kappa shape index (κ2) is 5.96. The van der Waals surface area contributed by atoms with E-state index in [4.69, 9.17) is 4.42 Å². The first-order valence-electron chi connectivity index (χ1n) is 7.75. The molecule has 9 heteroatoms. The Morgan fingerprint density at radius 3 is 2.85 bits per heavy atom. The number of aromatic nitrogens is 2. The highest BCUT2D eigenvalue weighted by Gasteiger charge is 2.34. The molecule has 4 amide bonds. The lowest BCUT2D eigenvalue weighted by atomic mass is 10.2. The Morgan fingerprint density at radius 1 is 1.31 bits per heavy atom. The molecule has 1 saturated heterocycles. The van der Waals surface area contributed by atoms with Crippen LogP contribution in [0.2, 0.25) is 0 Å². The molecule has 3 aromatic heterocycles. The molecular formula is C17H13N5O4. The van der Waals surface area contributed by atoms with Crippen molar-refractivity contribution in [2.45, 2.75) is 13.0 Å². The number of fused-ring (bicyclic) bond motifs is 1. The average molecular weight is 351 g/mol. The van der Waals surface area contributed by atoms with Gasteiger partial charge in [-0.1, -0.05) is 0 Å². The smallest absolute Gasteiger partial charge is 0.322 e. The van der Waals surface area contributed by atoms with Crippen LogP contribution in [0.1, 0.15) is 27.7 Å². The maximum absolute atomic E-state index is 12.2. The van der Waals surface area contributed by atoms with Crippen LogP contribution in [0.5, 0.6) is 0 Å². The molecule has 4 rings (SSSR count). The van der Waals surface area contributed by atoms with Crippen LogP contribution >= 0.6 is 0 Å². The van der Waals surface area contributed by atoms with Gasteiger partial charge in [0.25, 0.3) is 11.8 Å². The van der Waals surface area contributed by atoms with Crippen molar-refractivity contribution in [2.75, 3.05) is 5.32 Å². The molecular weight excluding hydrogens is 338 g/mol. The number of anilines is 1. The van der Waals surface area contributed by atoms with Gasteiger partial charge in [0.1, 0.15) is 17.1 Å². The first-order valence-corrected chi connectivity index (χ1v) is 7.75. The van der Waals surface area contributed by atoms with Crippen molar-refractivity contribution in [3.8, 4) is 0 Å². The average Bonchev–Trinajstić information content (AvgIpc) is 3.18. The van der Waals surface area contributed by atoms with Crippen molar-refractivity contribution in [1.82, 2.24) is 20.6 Å². The Hall–Kier alpha value is -3.75. The molecule has 1 aliphatic rings. The van der Waals surface area contributed by atoms with Gasteiger partial charge in [0, 0.05) is 18.5 Å². The van der Waals surface area contributed by atoms with E-state index in [9.17, 15) is 14.4 Å². The number of nitrogens with zero attached hydrogens (tertiary/aromatic N) is 2. The van der Waals surface area contributed by atoms with Crippen LogP contribution in [0, 0.1) is 6.92 Å². The number of rotatable bonds is 3. The minimum absolute atomic E-state index is 0.273. The lowest BCUT2D eigenvalue weighted by molar-refractivity contribution is -0.120. The first kappa shape index (κ1) is 15.8. The molecule has 1 unspecified atom stereocenters. The van der Waals surface area contributed by atoms with Gasteiger partial charge in [-0.2, -0.15) is 0 Å². The highest BCUT2D eigenvalue weighted by molar-refractivity contribution is 6.05. The molecule has 1 aliphatic heterocycles. The Morgan fingerprint density at radius 2 is 2.15 bits per heavy atom. The van der Waals surface area contributed by atoms with E-state index >= 15 is 0 Å². The normalized spacial score (nSPS) is 16.4. The fourth-order valence-electron chi connectivity index (χ4n) is 2.71. The van der Waals surface area contributed by atoms with E-state index in [1.807, 2.05) is 0 Å². The second-order valence-corrected chi connectivity index (χ2v) is 5.78. The number of carbonyl (C=O) groups is 3. The maximum Gasteiger partial charge on any atom is 0.322 e. The molecule has 3 aromatic rings. The molecule has 26 heavy (non-hydrogen) atoms. The zero-order valence-corrected chi connectivity index (χ0v) is 13.6. The summed E-state index contributed by atoms with van der Waals surface area (Å²) in [4.78, 5) is 43.5. The van der Waals surface area contributed by atoms with Gasteiger partial charge in [-0.3, -0.25) is 19.9 Å². The van der Waals surface area contributed by atoms with Gasteiger partial charge in [0.15, 0.2) is 11.6 Å². The van der Waals surface area contributed by atoms with Crippen LogP contribution in [-0.4, -0.2) is 27.8 Å². The summed E-state index contributed by atoms with van der Waals surface area (Å²) in [5.74, 6) is -0.210. The molecule has 130 valence electrons. The molecule has 0 saturated carbocycles. The molecule has 4 heterocycles. The number of hydrogen-bond donors (Lipinski definition) is 3. The summed E-state index contributed by atoms with van der Waals surface area (Å²) >= 11 is 0. The monoisotopic (exact) mass is 351 g/mol. The summed E-state index contributed by atoms with van der Waals surface area (Å²) in [6, 6.07) is 5.07. The number of aryl methyl sites for hydroxylation is 1. The number of carbonyl (C=O) groups excluding carboxylic acids is 3. The molecule has 0 spiro atoms. The molecule has 1 atom stereocenters.